The number of aromatic nitrogens is 3. The summed E-state index contributed by atoms with van der Waals surface area (Å²) in [5.74, 6) is 0.473. The van der Waals surface area contributed by atoms with E-state index in [9.17, 15) is 9.59 Å². The molecule has 3 aromatic rings. The number of carbonyl (C=O) groups excluding carboxylic acids is 2. The number of ether oxygens (including phenoxy) is 1. The van der Waals surface area contributed by atoms with Gasteiger partial charge in [-0.15, -0.1) is 32.9 Å². The number of esters is 1. The van der Waals surface area contributed by atoms with Gasteiger partial charge in [0, 0.05) is 27.2 Å². The quantitative estimate of drug-likeness (QED) is 0.218. The van der Waals surface area contributed by atoms with Crippen LogP contribution in [-0.4, -0.2) is 39.5 Å². The minimum atomic E-state index is -0.379. The molecule has 0 spiro atoms. The minimum Gasteiger partial charge on any atom is -0.465 e. The molecule has 3 aromatic heterocycles. The van der Waals surface area contributed by atoms with Gasteiger partial charge in [-0.3, -0.25) is 4.79 Å². The fourth-order valence-corrected chi connectivity index (χ4v) is 7.28. The number of hydrogen-bond acceptors (Lipinski definition) is 8. The lowest BCUT2D eigenvalue weighted by molar-refractivity contribution is -0.113. The van der Waals surface area contributed by atoms with Gasteiger partial charge in [-0.2, -0.15) is 0 Å². The third-order valence-corrected chi connectivity index (χ3v) is 9.01. The maximum absolute atomic E-state index is 12.8. The van der Waals surface area contributed by atoms with Crippen LogP contribution in [0.15, 0.2) is 16.6 Å². The van der Waals surface area contributed by atoms with Crippen LogP contribution in [0.2, 0.25) is 0 Å². The summed E-state index contributed by atoms with van der Waals surface area (Å²) in [7, 11) is 1.39. The van der Waals surface area contributed by atoms with E-state index in [1.165, 1.54) is 40.0 Å². The van der Waals surface area contributed by atoms with Crippen LogP contribution >= 0.6 is 34.4 Å². The molecule has 1 amide bonds. The highest BCUT2D eigenvalue weighted by Gasteiger charge is 2.26. The molecule has 4 rings (SSSR count). The molecule has 3 heterocycles. The Labute approximate surface area is 212 Å². The topological polar surface area (TPSA) is 86.1 Å². The van der Waals surface area contributed by atoms with E-state index in [0.29, 0.717) is 15.7 Å². The third-order valence-electron chi connectivity index (χ3n) is 5.84. The van der Waals surface area contributed by atoms with Crippen molar-refractivity contribution in [2.45, 2.75) is 70.5 Å². The van der Waals surface area contributed by atoms with E-state index in [1.807, 2.05) is 4.57 Å². The monoisotopic (exact) mass is 518 g/mol. The summed E-state index contributed by atoms with van der Waals surface area (Å²) in [5.41, 5.74) is 2.65. The van der Waals surface area contributed by atoms with Crippen molar-refractivity contribution in [1.82, 2.24) is 14.8 Å². The maximum Gasteiger partial charge on any atom is 0.341 e. The van der Waals surface area contributed by atoms with Gasteiger partial charge in [0.15, 0.2) is 11.0 Å². The molecule has 182 valence electrons. The minimum absolute atomic E-state index is 0.167. The van der Waals surface area contributed by atoms with E-state index in [2.05, 4.69) is 40.8 Å². The smallest absolute Gasteiger partial charge is 0.341 e. The normalized spacial score (nSPS) is 13.4. The molecule has 0 bridgehead atoms. The van der Waals surface area contributed by atoms with Crippen molar-refractivity contribution in [2.24, 2.45) is 0 Å². The van der Waals surface area contributed by atoms with Crippen LogP contribution in [0.4, 0.5) is 5.00 Å². The molecule has 1 aliphatic rings. The number of carbonyl (C=O) groups is 2. The molecule has 0 aromatic carbocycles. The third kappa shape index (κ3) is 5.39. The number of fused-ring (bicyclic) bond motifs is 1. The Morgan fingerprint density at radius 3 is 2.79 bits per heavy atom. The highest BCUT2D eigenvalue weighted by atomic mass is 32.2. The number of nitrogens with one attached hydrogen (secondary N) is 1. The van der Waals surface area contributed by atoms with Crippen molar-refractivity contribution < 1.29 is 14.3 Å². The molecule has 0 saturated carbocycles. The molecule has 0 aliphatic heterocycles. The van der Waals surface area contributed by atoms with Crippen molar-refractivity contribution >= 4 is 51.3 Å². The van der Waals surface area contributed by atoms with Gasteiger partial charge in [0.05, 0.1) is 18.4 Å². The number of amides is 1. The summed E-state index contributed by atoms with van der Waals surface area (Å²) >= 11 is 4.62. The van der Waals surface area contributed by atoms with E-state index in [0.717, 1.165) is 68.4 Å². The molecule has 0 fully saturated rings. The maximum atomic E-state index is 12.8. The molecule has 1 N–H and O–H groups in total. The molecule has 0 radical (unpaired) electrons. The molecular weight excluding hydrogens is 488 g/mol. The van der Waals surface area contributed by atoms with Gasteiger partial charge in [0.25, 0.3) is 0 Å². The van der Waals surface area contributed by atoms with Crippen LogP contribution in [0.1, 0.15) is 65.2 Å². The molecular formula is C24H30N4O3S3. The summed E-state index contributed by atoms with van der Waals surface area (Å²) in [6.07, 6.45) is 7.29. The van der Waals surface area contributed by atoms with E-state index in [1.54, 1.807) is 11.3 Å². The van der Waals surface area contributed by atoms with Gasteiger partial charge >= 0.3 is 5.97 Å². The summed E-state index contributed by atoms with van der Waals surface area (Å²) in [5, 5.41) is 15.2. The molecule has 0 saturated heterocycles. The number of rotatable bonds is 9. The molecule has 1 aliphatic carbocycles. The molecule has 0 unspecified atom stereocenters. The number of anilines is 1. The number of methoxy groups -OCH3 is 1. The first-order valence-corrected chi connectivity index (χ1v) is 14.4. The zero-order valence-corrected chi connectivity index (χ0v) is 22.3. The first-order chi connectivity index (χ1) is 16.5. The van der Waals surface area contributed by atoms with Crippen LogP contribution in [0.3, 0.4) is 0 Å². The summed E-state index contributed by atoms with van der Waals surface area (Å²) in [6.45, 7) is 4.95. The predicted octanol–water partition coefficient (Wildman–Crippen LogP) is 5.83. The highest BCUT2D eigenvalue weighted by molar-refractivity contribution is 7.99. The molecule has 34 heavy (non-hydrogen) atoms. The molecule has 7 nitrogen and oxygen atoms in total. The lowest BCUT2D eigenvalue weighted by atomic mass is 10.1. The Morgan fingerprint density at radius 2 is 2.03 bits per heavy atom. The first-order valence-electron chi connectivity index (χ1n) is 11.7. The first kappa shape index (κ1) is 24.9. The van der Waals surface area contributed by atoms with E-state index < -0.39 is 0 Å². The van der Waals surface area contributed by atoms with Crippen LogP contribution in [0.5, 0.6) is 0 Å². The zero-order chi connectivity index (χ0) is 24.1. The molecule has 0 atom stereocenters. The SMILES string of the molecule is CCCc1cc(-c2nnc(SCC(=O)Nc3sc4c(c3C(=O)OC)CCCCC4)n2CC)cs1. The van der Waals surface area contributed by atoms with Crippen LogP contribution in [0, 0.1) is 0 Å². The lowest BCUT2D eigenvalue weighted by Crippen LogP contribution is -2.16. The van der Waals surface area contributed by atoms with E-state index in [4.69, 9.17) is 4.74 Å². The standard InChI is InChI=1S/C24H30N4O3S3/c1-4-9-16-12-15(13-32-16)21-26-27-24(28(21)5-2)33-14-19(29)25-22-20(23(30)31-3)17-10-7-6-8-11-18(17)34-22/h12-13H,4-11,14H2,1-3H3,(H,25,29). The second-order valence-electron chi connectivity index (χ2n) is 8.20. The Morgan fingerprint density at radius 1 is 1.21 bits per heavy atom. The fraction of sp³-hybridized carbons (Fsp3) is 0.500. The Kier molecular flexibility index (Phi) is 8.44. The summed E-state index contributed by atoms with van der Waals surface area (Å²) in [4.78, 5) is 27.9. The molecule has 10 heteroatoms. The van der Waals surface area contributed by atoms with Gasteiger partial charge < -0.3 is 14.6 Å². The lowest BCUT2D eigenvalue weighted by Gasteiger charge is -2.08. The van der Waals surface area contributed by atoms with Crippen molar-refractivity contribution in [3.05, 3.63) is 32.3 Å². The predicted molar refractivity (Wildman–Crippen MR) is 139 cm³/mol. The second kappa shape index (κ2) is 11.5. The Bertz CT molecular complexity index is 1160. The van der Waals surface area contributed by atoms with Crippen LogP contribution < -0.4 is 5.32 Å². The van der Waals surface area contributed by atoms with Crippen LogP contribution in [-0.2, 0) is 35.3 Å². The highest BCUT2D eigenvalue weighted by Crippen LogP contribution is 2.38. The van der Waals surface area contributed by atoms with E-state index in [-0.39, 0.29) is 17.6 Å². The fourth-order valence-electron chi connectivity index (χ4n) is 4.21. The Balaban J connectivity index is 1.47. The van der Waals surface area contributed by atoms with Crippen molar-refractivity contribution in [3.63, 3.8) is 0 Å². The van der Waals surface area contributed by atoms with Crippen molar-refractivity contribution in [3.8, 4) is 11.4 Å². The second-order valence-corrected chi connectivity index (χ2v) is 11.2. The summed E-state index contributed by atoms with van der Waals surface area (Å²) < 4.78 is 7.08. The van der Waals surface area contributed by atoms with Gasteiger partial charge in [-0.25, -0.2) is 4.79 Å². The van der Waals surface area contributed by atoms with Crippen molar-refractivity contribution in [2.75, 3.05) is 18.2 Å². The van der Waals surface area contributed by atoms with E-state index >= 15 is 0 Å². The number of nitrogens with zero attached hydrogens (tertiary/aromatic N) is 3. The summed E-state index contributed by atoms with van der Waals surface area (Å²) in [6, 6.07) is 2.18. The zero-order valence-electron chi connectivity index (χ0n) is 19.8. The van der Waals surface area contributed by atoms with Gasteiger partial charge in [-0.05, 0) is 50.7 Å². The van der Waals surface area contributed by atoms with Gasteiger partial charge in [0.1, 0.15) is 5.00 Å². The Hall–Kier alpha value is -2.17. The van der Waals surface area contributed by atoms with Crippen molar-refractivity contribution in [1.29, 1.82) is 0 Å². The average molecular weight is 519 g/mol. The number of thioether (sulfide) groups is 1. The number of hydrogen-bond donors (Lipinski definition) is 1. The van der Waals surface area contributed by atoms with Gasteiger partial charge in [0.2, 0.25) is 5.91 Å². The van der Waals surface area contributed by atoms with Crippen LogP contribution in [0.25, 0.3) is 11.4 Å². The number of aryl methyl sites for hydroxylation is 2. The largest absolute Gasteiger partial charge is 0.465 e. The number of thiophene rings is 2. The van der Waals surface area contributed by atoms with Gasteiger partial charge in [-0.1, -0.05) is 31.5 Å². The average Bonchev–Trinajstić information content (AvgIpc) is 3.50.